The summed E-state index contributed by atoms with van der Waals surface area (Å²) in [6.07, 6.45) is 4.79. The smallest absolute Gasteiger partial charge is 0.410 e. The fourth-order valence-corrected chi connectivity index (χ4v) is 2.85. The van der Waals surface area contributed by atoms with Crippen LogP contribution in [0.15, 0.2) is 0 Å². The molecule has 0 radical (unpaired) electrons. The molecule has 104 valence electrons. The largest absolute Gasteiger partial charge is 0.444 e. The lowest BCUT2D eigenvalue weighted by Gasteiger charge is -2.38. The van der Waals surface area contributed by atoms with Gasteiger partial charge in [0.25, 0.3) is 0 Å². The Balaban J connectivity index is 1.87. The van der Waals surface area contributed by atoms with Crippen LogP contribution < -0.4 is 0 Å². The summed E-state index contributed by atoms with van der Waals surface area (Å²) in [6.45, 7) is 9.86. The highest BCUT2D eigenvalue weighted by Crippen LogP contribution is 2.21. The number of rotatable bonds is 1. The maximum Gasteiger partial charge on any atom is 0.410 e. The van der Waals surface area contributed by atoms with Gasteiger partial charge in [-0.2, -0.15) is 0 Å². The summed E-state index contributed by atoms with van der Waals surface area (Å²) in [5.41, 5.74) is -0.391. The Morgan fingerprint density at radius 3 is 2.39 bits per heavy atom. The minimum Gasteiger partial charge on any atom is -0.444 e. The molecule has 0 aromatic heterocycles. The molecular formula is C14H26N2O2. The molecule has 0 aromatic rings. The summed E-state index contributed by atoms with van der Waals surface area (Å²) in [5, 5.41) is 0. The summed E-state index contributed by atoms with van der Waals surface area (Å²) in [6, 6.07) is 0.550. The molecule has 0 spiro atoms. The van der Waals surface area contributed by atoms with E-state index in [9.17, 15) is 4.79 Å². The van der Waals surface area contributed by atoms with E-state index >= 15 is 0 Å². The molecule has 4 nitrogen and oxygen atoms in total. The van der Waals surface area contributed by atoms with Gasteiger partial charge in [0.1, 0.15) is 5.60 Å². The average molecular weight is 254 g/mol. The summed E-state index contributed by atoms with van der Waals surface area (Å²) in [4.78, 5) is 16.5. The fraction of sp³-hybridized carbons (Fsp3) is 0.929. The molecule has 0 N–H and O–H groups in total. The van der Waals surface area contributed by atoms with Gasteiger partial charge in [0, 0.05) is 19.1 Å². The third-order valence-corrected chi connectivity index (χ3v) is 3.71. The van der Waals surface area contributed by atoms with Gasteiger partial charge in [0.2, 0.25) is 0 Å². The number of nitrogens with zero attached hydrogens (tertiary/aromatic N) is 2. The van der Waals surface area contributed by atoms with E-state index in [1.165, 1.54) is 32.4 Å². The molecule has 0 bridgehead atoms. The molecule has 2 fully saturated rings. The zero-order valence-electron chi connectivity index (χ0n) is 11.9. The van der Waals surface area contributed by atoms with E-state index in [0.29, 0.717) is 6.04 Å². The first kappa shape index (κ1) is 13.7. The highest BCUT2D eigenvalue weighted by molar-refractivity contribution is 5.68. The molecule has 0 aliphatic carbocycles. The Labute approximate surface area is 110 Å². The molecule has 0 unspecified atom stereocenters. The van der Waals surface area contributed by atoms with Crippen LogP contribution in [-0.4, -0.2) is 53.7 Å². The Hall–Kier alpha value is -0.770. The highest BCUT2D eigenvalue weighted by Gasteiger charge is 2.31. The Bertz CT molecular complexity index is 293. The number of piperidine rings is 1. The monoisotopic (exact) mass is 254 g/mol. The summed E-state index contributed by atoms with van der Waals surface area (Å²) < 4.78 is 5.46. The van der Waals surface area contributed by atoms with Crippen LogP contribution in [0, 0.1) is 0 Å². The van der Waals surface area contributed by atoms with Gasteiger partial charge >= 0.3 is 6.09 Å². The number of amides is 1. The second kappa shape index (κ2) is 5.47. The van der Waals surface area contributed by atoms with Crippen LogP contribution in [0.3, 0.4) is 0 Å². The molecule has 4 heteroatoms. The van der Waals surface area contributed by atoms with Gasteiger partial charge in [0.05, 0.1) is 0 Å². The Morgan fingerprint density at radius 1 is 1.11 bits per heavy atom. The van der Waals surface area contributed by atoms with Crippen LogP contribution in [0.1, 0.15) is 46.5 Å². The number of carbonyl (C=O) groups excluding carboxylic acids is 1. The molecule has 18 heavy (non-hydrogen) atoms. The first-order chi connectivity index (χ1) is 8.46. The predicted octanol–water partition coefficient (Wildman–Crippen LogP) is 2.48. The zero-order chi connectivity index (χ0) is 13.2. The van der Waals surface area contributed by atoms with Crippen LogP contribution >= 0.6 is 0 Å². The lowest BCUT2D eigenvalue weighted by molar-refractivity contribution is 0.0124. The first-order valence-electron chi connectivity index (χ1n) is 7.18. The van der Waals surface area contributed by atoms with Crippen LogP contribution in [-0.2, 0) is 4.74 Å². The summed E-state index contributed by atoms with van der Waals surface area (Å²) in [5.74, 6) is 0. The standard InChI is InChI=1S/C14H26N2O2/c1-14(2,3)18-13(17)16-10-6-7-12(11-16)15-8-4-5-9-15/h12H,4-11H2,1-3H3/t12-/m0/s1. The molecular weight excluding hydrogens is 228 g/mol. The summed E-state index contributed by atoms with van der Waals surface area (Å²) >= 11 is 0. The third-order valence-electron chi connectivity index (χ3n) is 3.71. The quantitative estimate of drug-likeness (QED) is 0.720. The van der Waals surface area contributed by atoms with Crippen LogP contribution in [0.5, 0.6) is 0 Å². The molecule has 2 aliphatic heterocycles. The average Bonchev–Trinajstić information content (AvgIpc) is 2.80. The SMILES string of the molecule is CC(C)(C)OC(=O)N1CCC[C@H](N2CCCC2)C1. The molecule has 2 heterocycles. The molecule has 0 saturated carbocycles. The van der Waals surface area contributed by atoms with Crippen molar-refractivity contribution < 1.29 is 9.53 Å². The number of hydrogen-bond donors (Lipinski definition) is 0. The van der Waals surface area contributed by atoms with Crippen molar-refractivity contribution in [3.63, 3.8) is 0 Å². The highest BCUT2D eigenvalue weighted by atomic mass is 16.6. The van der Waals surface area contributed by atoms with E-state index in [1.807, 2.05) is 25.7 Å². The van der Waals surface area contributed by atoms with Crippen molar-refractivity contribution >= 4 is 6.09 Å². The molecule has 1 atom stereocenters. The number of hydrogen-bond acceptors (Lipinski definition) is 3. The van der Waals surface area contributed by atoms with Gasteiger partial charge in [0.15, 0.2) is 0 Å². The van der Waals surface area contributed by atoms with Gasteiger partial charge in [-0.25, -0.2) is 4.79 Å². The van der Waals surface area contributed by atoms with Gasteiger partial charge in [-0.3, -0.25) is 4.90 Å². The van der Waals surface area contributed by atoms with Crippen LogP contribution in [0.25, 0.3) is 0 Å². The van der Waals surface area contributed by atoms with Crippen molar-refractivity contribution in [3.05, 3.63) is 0 Å². The van der Waals surface area contributed by atoms with Gasteiger partial charge < -0.3 is 9.64 Å². The normalized spacial score (nSPS) is 26.4. The zero-order valence-corrected chi connectivity index (χ0v) is 11.9. The van der Waals surface area contributed by atoms with Crippen molar-refractivity contribution in [2.24, 2.45) is 0 Å². The number of carbonyl (C=O) groups is 1. The second-order valence-electron chi connectivity index (χ2n) is 6.47. The number of likely N-dealkylation sites (tertiary alicyclic amines) is 2. The molecule has 2 saturated heterocycles. The lowest BCUT2D eigenvalue weighted by Crippen LogP contribution is -2.50. The van der Waals surface area contributed by atoms with E-state index in [-0.39, 0.29) is 6.09 Å². The predicted molar refractivity (Wildman–Crippen MR) is 71.6 cm³/mol. The summed E-state index contributed by atoms with van der Waals surface area (Å²) in [7, 11) is 0. The molecule has 2 rings (SSSR count). The van der Waals surface area contributed by atoms with Crippen LogP contribution in [0.2, 0.25) is 0 Å². The van der Waals surface area contributed by atoms with Crippen molar-refractivity contribution in [1.82, 2.24) is 9.80 Å². The maximum absolute atomic E-state index is 12.1. The topological polar surface area (TPSA) is 32.8 Å². The third kappa shape index (κ3) is 3.61. The molecule has 0 aromatic carbocycles. The lowest BCUT2D eigenvalue weighted by atomic mass is 10.0. The van der Waals surface area contributed by atoms with Crippen molar-refractivity contribution in [2.45, 2.75) is 58.1 Å². The fourth-order valence-electron chi connectivity index (χ4n) is 2.85. The Kier molecular flexibility index (Phi) is 4.15. The van der Waals surface area contributed by atoms with E-state index < -0.39 is 5.60 Å². The van der Waals surface area contributed by atoms with Crippen molar-refractivity contribution in [1.29, 1.82) is 0 Å². The molecule has 2 aliphatic rings. The van der Waals surface area contributed by atoms with E-state index in [2.05, 4.69) is 4.90 Å². The van der Waals surface area contributed by atoms with Gasteiger partial charge in [-0.15, -0.1) is 0 Å². The van der Waals surface area contributed by atoms with Gasteiger partial charge in [-0.05, 0) is 59.5 Å². The van der Waals surface area contributed by atoms with E-state index in [0.717, 1.165) is 19.5 Å². The minimum absolute atomic E-state index is 0.147. The molecule has 1 amide bonds. The van der Waals surface area contributed by atoms with Gasteiger partial charge in [-0.1, -0.05) is 0 Å². The van der Waals surface area contributed by atoms with E-state index in [4.69, 9.17) is 4.74 Å². The van der Waals surface area contributed by atoms with Crippen LogP contribution in [0.4, 0.5) is 4.79 Å². The first-order valence-corrected chi connectivity index (χ1v) is 7.18. The Morgan fingerprint density at radius 2 is 1.78 bits per heavy atom. The maximum atomic E-state index is 12.1. The number of ether oxygens (including phenoxy) is 1. The van der Waals surface area contributed by atoms with Crippen molar-refractivity contribution in [2.75, 3.05) is 26.2 Å². The minimum atomic E-state index is -0.391. The van der Waals surface area contributed by atoms with Crippen molar-refractivity contribution in [3.8, 4) is 0 Å². The van der Waals surface area contributed by atoms with E-state index in [1.54, 1.807) is 0 Å². The second-order valence-corrected chi connectivity index (χ2v) is 6.47.